The molecule has 17 heavy (non-hydrogen) atoms. The number of aromatic hydroxyl groups is 1. The SMILES string of the molecule is Cc1[nH]c2cccc(O)c2c1-c1[nH]ncc1N. The van der Waals surface area contributed by atoms with Gasteiger partial charge in [0.15, 0.2) is 0 Å². The van der Waals surface area contributed by atoms with Crippen molar-refractivity contribution in [1.82, 2.24) is 15.2 Å². The fraction of sp³-hybridized carbons (Fsp3) is 0.0833. The van der Waals surface area contributed by atoms with Gasteiger partial charge in [0.2, 0.25) is 0 Å². The van der Waals surface area contributed by atoms with Crippen molar-refractivity contribution in [3.8, 4) is 17.0 Å². The maximum atomic E-state index is 9.96. The first kappa shape index (κ1) is 9.77. The fourth-order valence-corrected chi connectivity index (χ4v) is 2.17. The number of aryl methyl sites for hydroxylation is 1. The molecular weight excluding hydrogens is 216 g/mol. The van der Waals surface area contributed by atoms with Crippen LogP contribution in [-0.4, -0.2) is 20.3 Å². The van der Waals surface area contributed by atoms with Crippen molar-refractivity contribution in [2.24, 2.45) is 0 Å². The van der Waals surface area contributed by atoms with Crippen LogP contribution in [0.2, 0.25) is 0 Å². The summed E-state index contributed by atoms with van der Waals surface area (Å²) in [5.74, 6) is 0.232. The van der Waals surface area contributed by atoms with E-state index in [2.05, 4.69) is 15.2 Å². The van der Waals surface area contributed by atoms with E-state index in [1.807, 2.05) is 13.0 Å². The first-order valence-electron chi connectivity index (χ1n) is 5.28. The Morgan fingerprint density at radius 3 is 2.88 bits per heavy atom. The maximum Gasteiger partial charge on any atom is 0.125 e. The number of hydrogen-bond donors (Lipinski definition) is 4. The standard InChI is InChI=1S/C12H12N4O/c1-6-10(12-7(13)5-14-16-12)11-8(15-6)3-2-4-9(11)17/h2-5,15,17H,13H2,1H3,(H,14,16). The molecule has 5 N–H and O–H groups in total. The van der Waals surface area contributed by atoms with Gasteiger partial charge in [-0.2, -0.15) is 5.10 Å². The molecule has 2 aromatic heterocycles. The number of fused-ring (bicyclic) bond motifs is 1. The average Bonchev–Trinajstić information content (AvgIpc) is 2.82. The lowest BCUT2D eigenvalue weighted by Gasteiger charge is -2.01. The zero-order valence-electron chi connectivity index (χ0n) is 9.28. The van der Waals surface area contributed by atoms with E-state index < -0.39 is 0 Å². The summed E-state index contributed by atoms with van der Waals surface area (Å²) in [5.41, 5.74) is 9.84. The van der Waals surface area contributed by atoms with Gasteiger partial charge >= 0.3 is 0 Å². The van der Waals surface area contributed by atoms with Gasteiger partial charge < -0.3 is 15.8 Å². The van der Waals surface area contributed by atoms with Crippen LogP contribution in [0.25, 0.3) is 22.2 Å². The van der Waals surface area contributed by atoms with Crippen molar-refractivity contribution in [3.05, 3.63) is 30.1 Å². The van der Waals surface area contributed by atoms with E-state index in [9.17, 15) is 5.11 Å². The van der Waals surface area contributed by atoms with Gasteiger partial charge in [0.05, 0.1) is 28.5 Å². The summed E-state index contributed by atoms with van der Waals surface area (Å²) in [6.07, 6.45) is 1.56. The number of nitrogens with one attached hydrogen (secondary N) is 2. The number of nitrogens with two attached hydrogens (primary N) is 1. The van der Waals surface area contributed by atoms with Gasteiger partial charge in [-0.15, -0.1) is 0 Å². The molecule has 0 amide bonds. The van der Waals surface area contributed by atoms with Gasteiger partial charge in [-0.3, -0.25) is 5.10 Å². The molecule has 0 aliphatic carbocycles. The third kappa shape index (κ3) is 1.29. The van der Waals surface area contributed by atoms with E-state index in [1.54, 1.807) is 18.3 Å². The van der Waals surface area contributed by atoms with Crippen LogP contribution in [0.15, 0.2) is 24.4 Å². The van der Waals surface area contributed by atoms with Crippen molar-refractivity contribution in [1.29, 1.82) is 0 Å². The van der Waals surface area contributed by atoms with Gasteiger partial charge in [-0.25, -0.2) is 0 Å². The van der Waals surface area contributed by atoms with Crippen molar-refractivity contribution >= 4 is 16.6 Å². The van der Waals surface area contributed by atoms with Crippen LogP contribution < -0.4 is 5.73 Å². The molecule has 3 rings (SSSR count). The van der Waals surface area contributed by atoms with Crippen LogP contribution >= 0.6 is 0 Å². The molecule has 5 heteroatoms. The molecule has 0 radical (unpaired) electrons. The minimum atomic E-state index is 0.232. The van der Waals surface area contributed by atoms with Gasteiger partial charge in [0.25, 0.3) is 0 Å². The highest BCUT2D eigenvalue weighted by atomic mass is 16.3. The number of H-pyrrole nitrogens is 2. The van der Waals surface area contributed by atoms with Gasteiger partial charge in [0, 0.05) is 11.3 Å². The third-order valence-electron chi connectivity index (χ3n) is 2.91. The van der Waals surface area contributed by atoms with E-state index in [-0.39, 0.29) is 5.75 Å². The zero-order chi connectivity index (χ0) is 12.0. The minimum Gasteiger partial charge on any atom is -0.507 e. The number of aromatic amines is 2. The second-order valence-electron chi connectivity index (χ2n) is 4.03. The molecule has 0 saturated carbocycles. The molecule has 0 unspecified atom stereocenters. The fourth-order valence-electron chi connectivity index (χ4n) is 2.17. The monoisotopic (exact) mass is 228 g/mol. The maximum absolute atomic E-state index is 9.96. The van der Waals surface area contributed by atoms with E-state index in [1.165, 1.54) is 0 Å². The molecule has 86 valence electrons. The van der Waals surface area contributed by atoms with E-state index in [0.717, 1.165) is 27.9 Å². The summed E-state index contributed by atoms with van der Waals surface area (Å²) in [7, 11) is 0. The first-order chi connectivity index (χ1) is 8.18. The van der Waals surface area contributed by atoms with Crippen LogP contribution in [0, 0.1) is 6.92 Å². The van der Waals surface area contributed by atoms with Crippen LogP contribution in [0.3, 0.4) is 0 Å². The second kappa shape index (κ2) is 3.28. The van der Waals surface area contributed by atoms with E-state index in [0.29, 0.717) is 5.69 Å². The van der Waals surface area contributed by atoms with Crippen LogP contribution in [0.4, 0.5) is 5.69 Å². The van der Waals surface area contributed by atoms with Crippen molar-refractivity contribution in [2.75, 3.05) is 5.73 Å². The first-order valence-corrected chi connectivity index (χ1v) is 5.28. The van der Waals surface area contributed by atoms with Gasteiger partial charge in [-0.1, -0.05) is 6.07 Å². The van der Waals surface area contributed by atoms with E-state index in [4.69, 9.17) is 5.73 Å². The van der Waals surface area contributed by atoms with Crippen molar-refractivity contribution in [2.45, 2.75) is 6.92 Å². The number of hydrogen-bond acceptors (Lipinski definition) is 3. The molecule has 0 bridgehead atoms. The number of aromatic nitrogens is 3. The largest absolute Gasteiger partial charge is 0.507 e. The summed E-state index contributed by atoms with van der Waals surface area (Å²) >= 11 is 0. The highest BCUT2D eigenvalue weighted by Gasteiger charge is 2.16. The lowest BCUT2D eigenvalue weighted by atomic mass is 10.1. The number of anilines is 1. The number of phenolic OH excluding ortho intramolecular Hbond substituents is 1. The van der Waals surface area contributed by atoms with Gasteiger partial charge in [-0.05, 0) is 19.1 Å². The zero-order valence-corrected chi connectivity index (χ0v) is 9.28. The Kier molecular flexibility index (Phi) is 1.89. The Hall–Kier alpha value is -2.43. The number of benzene rings is 1. The number of nitrogens with zero attached hydrogens (tertiary/aromatic N) is 1. The summed E-state index contributed by atoms with van der Waals surface area (Å²) in [6.45, 7) is 1.94. The molecule has 3 aromatic rings. The molecule has 2 heterocycles. The topological polar surface area (TPSA) is 90.7 Å². The Morgan fingerprint density at radius 1 is 1.35 bits per heavy atom. The number of rotatable bonds is 1. The Labute approximate surface area is 97.3 Å². The molecular formula is C12H12N4O. The van der Waals surface area contributed by atoms with Crippen molar-refractivity contribution in [3.63, 3.8) is 0 Å². The van der Waals surface area contributed by atoms with Crippen LogP contribution in [-0.2, 0) is 0 Å². The molecule has 0 atom stereocenters. The average molecular weight is 228 g/mol. The molecule has 5 nitrogen and oxygen atoms in total. The highest BCUT2D eigenvalue weighted by Crippen LogP contribution is 2.38. The molecule has 0 aliphatic rings. The van der Waals surface area contributed by atoms with E-state index >= 15 is 0 Å². The van der Waals surface area contributed by atoms with Crippen molar-refractivity contribution < 1.29 is 5.11 Å². The number of phenols is 1. The summed E-state index contributed by atoms with van der Waals surface area (Å²) in [4.78, 5) is 3.22. The predicted octanol–water partition coefficient (Wildman–Crippen LogP) is 2.15. The number of nitrogen functional groups attached to an aromatic ring is 1. The summed E-state index contributed by atoms with van der Waals surface area (Å²) in [6, 6.07) is 5.37. The Balaban J connectivity index is 2.44. The second-order valence-corrected chi connectivity index (χ2v) is 4.03. The summed E-state index contributed by atoms with van der Waals surface area (Å²) < 4.78 is 0. The smallest absolute Gasteiger partial charge is 0.125 e. The molecule has 0 fully saturated rings. The lowest BCUT2D eigenvalue weighted by molar-refractivity contribution is 0.482. The Bertz CT molecular complexity index is 696. The molecule has 0 spiro atoms. The third-order valence-corrected chi connectivity index (χ3v) is 2.91. The molecule has 0 saturated heterocycles. The highest BCUT2D eigenvalue weighted by molar-refractivity contribution is 6.02. The Morgan fingerprint density at radius 2 is 2.18 bits per heavy atom. The quantitative estimate of drug-likeness (QED) is 0.514. The summed E-state index contributed by atoms with van der Waals surface area (Å²) in [5, 5.41) is 17.5. The van der Waals surface area contributed by atoms with Gasteiger partial charge in [0.1, 0.15) is 5.75 Å². The van der Waals surface area contributed by atoms with Crippen LogP contribution in [0.5, 0.6) is 5.75 Å². The van der Waals surface area contributed by atoms with Crippen LogP contribution in [0.1, 0.15) is 5.69 Å². The molecule has 0 aliphatic heterocycles. The normalized spacial score (nSPS) is 11.1. The molecule has 1 aromatic carbocycles. The lowest BCUT2D eigenvalue weighted by Crippen LogP contribution is -1.87. The minimum absolute atomic E-state index is 0.232. The predicted molar refractivity (Wildman–Crippen MR) is 66.7 cm³/mol.